The summed E-state index contributed by atoms with van der Waals surface area (Å²) >= 11 is 0. The second-order valence-electron chi connectivity index (χ2n) is 4.64. The van der Waals surface area contributed by atoms with Gasteiger partial charge in [-0.15, -0.1) is 0 Å². The van der Waals surface area contributed by atoms with E-state index in [9.17, 15) is 10.2 Å². The predicted octanol–water partition coefficient (Wildman–Crippen LogP) is -0.705. The molecule has 6 N–H and O–H groups in total. The van der Waals surface area contributed by atoms with Crippen molar-refractivity contribution in [1.82, 2.24) is 20.3 Å². The van der Waals surface area contributed by atoms with E-state index >= 15 is 0 Å². The van der Waals surface area contributed by atoms with Crippen molar-refractivity contribution in [3.8, 4) is 0 Å². The first-order chi connectivity index (χ1) is 8.59. The molecule has 4 atom stereocenters. The SMILES string of the molecule is C[C@H]1N[C@@H](c2c[nH]c3c(N)ncnc23)C(O)[C@H]1O. The number of H-pyrrole nitrogens is 1. The van der Waals surface area contributed by atoms with Crippen LogP contribution < -0.4 is 11.1 Å². The number of aliphatic hydroxyl groups is 2. The van der Waals surface area contributed by atoms with Gasteiger partial charge in [-0.2, -0.15) is 0 Å². The van der Waals surface area contributed by atoms with E-state index in [2.05, 4.69) is 20.3 Å². The van der Waals surface area contributed by atoms with Gasteiger partial charge in [-0.05, 0) is 6.92 Å². The van der Waals surface area contributed by atoms with Crippen molar-refractivity contribution in [1.29, 1.82) is 0 Å². The maximum atomic E-state index is 10.0. The maximum Gasteiger partial charge on any atom is 0.151 e. The second-order valence-corrected chi connectivity index (χ2v) is 4.64. The molecule has 96 valence electrons. The van der Waals surface area contributed by atoms with Gasteiger partial charge in [0.25, 0.3) is 0 Å². The molecule has 7 nitrogen and oxygen atoms in total. The maximum absolute atomic E-state index is 10.0. The summed E-state index contributed by atoms with van der Waals surface area (Å²) in [7, 11) is 0. The fourth-order valence-corrected chi connectivity index (χ4v) is 2.46. The molecule has 1 unspecified atom stereocenters. The Morgan fingerprint density at radius 2 is 2.06 bits per heavy atom. The van der Waals surface area contributed by atoms with Crippen molar-refractivity contribution in [2.45, 2.75) is 31.2 Å². The predicted molar refractivity (Wildman–Crippen MR) is 65.7 cm³/mol. The molecule has 3 rings (SSSR count). The van der Waals surface area contributed by atoms with Crippen molar-refractivity contribution in [2.24, 2.45) is 0 Å². The highest BCUT2D eigenvalue weighted by atomic mass is 16.3. The minimum atomic E-state index is -0.866. The number of aliphatic hydroxyl groups excluding tert-OH is 2. The molecule has 0 aromatic carbocycles. The molecular formula is C11H15N5O2. The van der Waals surface area contributed by atoms with Crippen LogP contribution in [-0.2, 0) is 0 Å². The van der Waals surface area contributed by atoms with Crippen LogP contribution in [0.5, 0.6) is 0 Å². The molecule has 1 fully saturated rings. The molecule has 0 radical (unpaired) electrons. The van der Waals surface area contributed by atoms with Gasteiger partial charge < -0.3 is 26.2 Å². The topological polar surface area (TPSA) is 120 Å². The molecule has 2 aromatic heterocycles. The lowest BCUT2D eigenvalue weighted by atomic mass is 10.0. The van der Waals surface area contributed by atoms with Crippen LogP contribution in [0.2, 0.25) is 0 Å². The quantitative estimate of drug-likeness (QED) is 0.455. The highest BCUT2D eigenvalue weighted by Crippen LogP contribution is 2.32. The zero-order valence-electron chi connectivity index (χ0n) is 9.83. The average Bonchev–Trinajstić information content (AvgIpc) is 2.88. The first kappa shape index (κ1) is 11.4. The van der Waals surface area contributed by atoms with Gasteiger partial charge in [0.15, 0.2) is 5.82 Å². The molecule has 1 saturated heterocycles. The number of nitrogens with one attached hydrogen (secondary N) is 2. The minimum absolute atomic E-state index is 0.172. The number of nitrogens with two attached hydrogens (primary N) is 1. The second kappa shape index (κ2) is 3.91. The van der Waals surface area contributed by atoms with E-state index in [1.54, 1.807) is 6.20 Å². The van der Waals surface area contributed by atoms with Crippen molar-refractivity contribution in [3.63, 3.8) is 0 Å². The summed E-state index contributed by atoms with van der Waals surface area (Å²) in [6.07, 6.45) is 1.46. The van der Waals surface area contributed by atoms with Gasteiger partial charge in [0.1, 0.15) is 17.9 Å². The summed E-state index contributed by atoms with van der Waals surface area (Å²) in [5.74, 6) is 0.368. The standard InChI is InChI=1S/C11H15N5O2/c1-4-9(17)10(18)7(16-4)5-2-13-8-6(5)14-3-15-11(8)12/h2-4,7,9-10,13,16-18H,1H3,(H2,12,14,15)/t4-,7+,9+,10?/m1/s1. The number of fused-ring (bicyclic) bond motifs is 1. The molecule has 1 aliphatic heterocycles. The fourth-order valence-electron chi connectivity index (χ4n) is 2.46. The summed E-state index contributed by atoms with van der Waals surface area (Å²) in [5.41, 5.74) is 7.85. The molecule has 0 spiro atoms. The third kappa shape index (κ3) is 1.48. The Morgan fingerprint density at radius 3 is 2.72 bits per heavy atom. The zero-order valence-corrected chi connectivity index (χ0v) is 9.83. The van der Waals surface area contributed by atoms with E-state index in [0.29, 0.717) is 16.9 Å². The number of aromatic amines is 1. The van der Waals surface area contributed by atoms with Gasteiger partial charge in [0, 0.05) is 17.8 Å². The third-order valence-electron chi connectivity index (χ3n) is 3.50. The first-order valence-corrected chi connectivity index (χ1v) is 5.79. The van der Waals surface area contributed by atoms with E-state index in [1.807, 2.05) is 6.92 Å². The number of nitrogen functional groups attached to an aromatic ring is 1. The molecule has 18 heavy (non-hydrogen) atoms. The molecular weight excluding hydrogens is 234 g/mol. The number of rotatable bonds is 1. The zero-order chi connectivity index (χ0) is 12.9. The number of anilines is 1. The monoisotopic (exact) mass is 249 g/mol. The Bertz CT molecular complexity index is 584. The van der Waals surface area contributed by atoms with E-state index in [0.717, 1.165) is 5.56 Å². The Hall–Kier alpha value is -1.70. The first-order valence-electron chi connectivity index (χ1n) is 5.79. The van der Waals surface area contributed by atoms with Crippen LogP contribution in [0.25, 0.3) is 11.0 Å². The lowest BCUT2D eigenvalue weighted by Gasteiger charge is -2.14. The van der Waals surface area contributed by atoms with E-state index in [4.69, 9.17) is 5.73 Å². The molecule has 3 heterocycles. The van der Waals surface area contributed by atoms with Crippen LogP contribution in [0.3, 0.4) is 0 Å². The summed E-state index contributed by atoms with van der Waals surface area (Å²) < 4.78 is 0. The number of aromatic nitrogens is 3. The Labute approximate surface area is 103 Å². The van der Waals surface area contributed by atoms with Gasteiger partial charge in [-0.1, -0.05) is 0 Å². The lowest BCUT2D eigenvalue weighted by molar-refractivity contribution is 0.0303. The van der Waals surface area contributed by atoms with Gasteiger partial charge in [-0.3, -0.25) is 0 Å². The van der Waals surface area contributed by atoms with Crippen molar-refractivity contribution >= 4 is 16.9 Å². The number of hydrogen-bond donors (Lipinski definition) is 5. The van der Waals surface area contributed by atoms with Gasteiger partial charge in [0.2, 0.25) is 0 Å². The Kier molecular flexibility index (Phi) is 2.47. The average molecular weight is 249 g/mol. The molecule has 0 amide bonds. The summed E-state index contributed by atoms with van der Waals surface area (Å²) in [6, 6.07) is -0.535. The third-order valence-corrected chi connectivity index (χ3v) is 3.50. The van der Waals surface area contributed by atoms with Crippen LogP contribution in [0.1, 0.15) is 18.5 Å². The highest BCUT2D eigenvalue weighted by Gasteiger charge is 2.40. The molecule has 0 aliphatic carbocycles. The van der Waals surface area contributed by atoms with Gasteiger partial charge in [0.05, 0.1) is 17.7 Å². The Balaban J connectivity index is 2.08. The summed E-state index contributed by atoms with van der Waals surface area (Å²) in [6.45, 7) is 1.83. The normalized spacial score (nSPS) is 32.2. The van der Waals surface area contributed by atoms with Crippen molar-refractivity contribution in [2.75, 3.05) is 5.73 Å². The molecule has 2 aromatic rings. The highest BCUT2D eigenvalue weighted by molar-refractivity contribution is 5.87. The molecule has 7 heteroatoms. The number of nitrogens with zero attached hydrogens (tertiary/aromatic N) is 2. The molecule has 0 saturated carbocycles. The minimum Gasteiger partial charge on any atom is -0.389 e. The van der Waals surface area contributed by atoms with Gasteiger partial charge in [-0.25, -0.2) is 9.97 Å². The fraction of sp³-hybridized carbons (Fsp3) is 0.455. The van der Waals surface area contributed by atoms with E-state index < -0.39 is 12.2 Å². The van der Waals surface area contributed by atoms with Crippen LogP contribution in [-0.4, -0.2) is 43.4 Å². The van der Waals surface area contributed by atoms with Crippen LogP contribution in [0.4, 0.5) is 5.82 Å². The van der Waals surface area contributed by atoms with Crippen LogP contribution >= 0.6 is 0 Å². The lowest BCUT2D eigenvalue weighted by Crippen LogP contribution is -2.29. The van der Waals surface area contributed by atoms with Crippen molar-refractivity contribution in [3.05, 3.63) is 18.1 Å². The molecule has 0 bridgehead atoms. The summed E-state index contributed by atoms with van der Waals surface area (Å²) in [4.78, 5) is 11.1. The smallest absolute Gasteiger partial charge is 0.151 e. The van der Waals surface area contributed by atoms with Crippen LogP contribution in [0, 0.1) is 0 Å². The van der Waals surface area contributed by atoms with E-state index in [-0.39, 0.29) is 12.1 Å². The van der Waals surface area contributed by atoms with Crippen LogP contribution in [0.15, 0.2) is 12.5 Å². The number of hydrogen-bond acceptors (Lipinski definition) is 6. The molecule has 1 aliphatic rings. The Morgan fingerprint density at radius 1 is 1.28 bits per heavy atom. The van der Waals surface area contributed by atoms with Gasteiger partial charge >= 0.3 is 0 Å². The van der Waals surface area contributed by atoms with E-state index in [1.165, 1.54) is 6.33 Å². The summed E-state index contributed by atoms with van der Waals surface area (Å²) in [5, 5.41) is 23.0. The largest absolute Gasteiger partial charge is 0.389 e. The van der Waals surface area contributed by atoms with Crippen molar-refractivity contribution < 1.29 is 10.2 Å².